The highest BCUT2D eigenvalue weighted by molar-refractivity contribution is 6.31. The van der Waals surface area contributed by atoms with Crippen molar-refractivity contribution in [1.29, 1.82) is 0 Å². The van der Waals surface area contributed by atoms with Gasteiger partial charge < -0.3 is 15.1 Å². The molecule has 3 heterocycles. The van der Waals surface area contributed by atoms with Gasteiger partial charge in [0.15, 0.2) is 0 Å². The molecule has 2 unspecified atom stereocenters. The lowest BCUT2D eigenvalue weighted by molar-refractivity contribution is 0.00627. The van der Waals surface area contributed by atoms with E-state index in [-0.39, 0.29) is 12.1 Å². The van der Waals surface area contributed by atoms with Gasteiger partial charge in [-0.05, 0) is 38.0 Å². The summed E-state index contributed by atoms with van der Waals surface area (Å²) in [5.74, 6) is 5.87. The first-order chi connectivity index (χ1) is 13.2. The summed E-state index contributed by atoms with van der Waals surface area (Å²) in [6.45, 7) is 3.20. The minimum Gasteiger partial charge on any atom is -0.378 e. The monoisotopic (exact) mass is 385 g/mol. The summed E-state index contributed by atoms with van der Waals surface area (Å²) in [5, 5.41) is 8.43. The number of benzene rings is 1. The highest BCUT2D eigenvalue weighted by Crippen LogP contribution is 2.34. The number of nitrogens with two attached hydrogens (primary N) is 1. The van der Waals surface area contributed by atoms with E-state index in [1.54, 1.807) is 6.20 Å². The number of aromatic nitrogens is 3. The zero-order valence-electron chi connectivity index (χ0n) is 14.9. The number of ether oxygens (including phenoxy) is 1. The van der Waals surface area contributed by atoms with E-state index in [0.29, 0.717) is 11.6 Å². The van der Waals surface area contributed by atoms with Crippen molar-refractivity contribution < 1.29 is 4.74 Å². The van der Waals surface area contributed by atoms with Crippen LogP contribution in [-0.2, 0) is 11.3 Å². The van der Waals surface area contributed by atoms with Crippen molar-refractivity contribution in [2.24, 2.45) is 21.2 Å². The van der Waals surface area contributed by atoms with E-state index in [2.05, 4.69) is 31.8 Å². The number of rotatable bonds is 4. The zero-order valence-corrected chi connectivity index (χ0v) is 15.7. The number of hydrogen-bond donors (Lipinski definition) is 1. The van der Waals surface area contributed by atoms with Gasteiger partial charge in [-0.1, -0.05) is 16.8 Å². The number of imidazole rings is 1. The van der Waals surface area contributed by atoms with Crippen LogP contribution in [0.15, 0.2) is 39.7 Å². The molecule has 0 amide bonds. The molecule has 0 radical (unpaired) electrons. The molecule has 2 atom stereocenters. The molecule has 1 fully saturated rings. The molecular formula is C18H20ClN7O. The Kier molecular flexibility index (Phi) is 5.00. The minimum absolute atomic E-state index is 0.195. The van der Waals surface area contributed by atoms with E-state index in [9.17, 15) is 0 Å². The van der Waals surface area contributed by atoms with Crippen molar-refractivity contribution in [2.75, 3.05) is 6.61 Å². The summed E-state index contributed by atoms with van der Waals surface area (Å²) in [5.41, 5.74) is 2.75. The van der Waals surface area contributed by atoms with Gasteiger partial charge in [0, 0.05) is 23.1 Å². The van der Waals surface area contributed by atoms with Gasteiger partial charge in [-0.3, -0.25) is 9.98 Å². The number of aliphatic imine (C=N–C) groups is 1. The van der Waals surface area contributed by atoms with Gasteiger partial charge in [-0.25, -0.2) is 4.98 Å². The molecule has 140 valence electrons. The number of hydrogen-bond acceptors (Lipinski definition) is 5. The molecule has 8 nitrogen and oxygen atoms in total. The molecule has 1 saturated heterocycles. The van der Waals surface area contributed by atoms with Gasteiger partial charge >= 0.3 is 0 Å². The van der Waals surface area contributed by atoms with Gasteiger partial charge in [0.05, 0.1) is 29.9 Å². The maximum absolute atomic E-state index is 6.27. The first-order valence-corrected chi connectivity index (χ1v) is 9.20. The van der Waals surface area contributed by atoms with Crippen molar-refractivity contribution in [3.05, 3.63) is 35.2 Å². The maximum atomic E-state index is 6.27. The van der Waals surface area contributed by atoms with Gasteiger partial charge in [-0.2, -0.15) is 0 Å². The fourth-order valence-electron chi connectivity index (χ4n) is 3.70. The smallest absolute Gasteiger partial charge is 0.134 e. The number of halogens is 1. The Hall–Kier alpha value is -2.58. The normalized spacial score (nSPS) is 21.1. The van der Waals surface area contributed by atoms with E-state index in [4.69, 9.17) is 27.2 Å². The molecule has 0 bridgehead atoms. The van der Waals surface area contributed by atoms with Gasteiger partial charge in [0.1, 0.15) is 17.7 Å². The fourth-order valence-corrected chi connectivity index (χ4v) is 3.87. The summed E-state index contributed by atoms with van der Waals surface area (Å²) in [6.07, 6.45) is 5.16. The summed E-state index contributed by atoms with van der Waals surface area (Å²) in [6, 6.07) is 6.00. The Labute approximate surface area is 161 Å². The molecule has 4 rings (SSSR count). The van der Waals surface area contributed by atoms with Crippen LogP contribution in [0, 0.1) is 0 Å². The molecule has 0 spiro atoms. The van der Waals surface area contributed by atoms with E-state index in [1.807, 2.05) is 18.2 Å². The molecule has 0 aliphatic carbocycles. The van der Waals surface area contributed by atoms with Crippen molar-refractivity contribution in [3.63, 3.8) is 0 Å². The molecule has 3 aromatic rings. The van der Waals surface area contributed by atoms with Crippen LogP contribution < -0.4 is 5.84 Å². The van der Waals surface area contributed by atoms with Crippen molar-refractivity contribution in [2.45, 2.75) is 38.5 Å². The SMILES string of the molecule is CC1CC(n2c(CN=CN=NN)nc3cnc4ccc(Cl)cc4c32)CCO1. The molecule has 27 heavy (non-hydrogen) atoms. The number of fused-ring (bicyclic) bond motifs is 3. The second-order valence-electron chi connectivity index (χ2n) is 6.60. The van der Waals surface area contributed by atoms with E-state index in [0.717, 1.165) is 47.2 Å². The Morgan fingerprint density at radius 3 is 3.11 bits per heavy atom. The van der Waals surface area contributed by atoms with Crippen LogP contribution in [0.3, 0.4) is 0 Å². The van der Waals surface area contributed by atoms with Crippen molar-refractivity contribution in [3.8, 4) is 0 Å². The second kappa shape index (κ2) is 7.58. The molecule has 1 aliphatic rings. The summed E-state index contributed by atoms with van der Waals surface area (Å²) in [7, 11) is 0. The molecular weight excluding hydrogens is 366 g/mol. The minimum atomic E-state index is 0.195. The maximum Gasteiger partial charge on any atom is 0.134 e. The number of nitrogens with zero attached hydrogens (tertiary/aromatic N) is 6. The van der Waals surface area contributed by atoms with Crippen LogP contribution in [0.1, 0.15) is 31.6 Å². The Morgan fingerprint density at radius 2 is 2.30 bits per heavy atom. The molecule has 2 aromatic heterocycles. The van der Waals surface area contributed by atoms with E-state index >= 15 is 0 Å². The highest BCUT2D eigenvalue weighted by Gasteiger charge is 2.26. The lowest BCUT2D eigenvalue weighted by Gasteiger charge is -2.30. The van der Waals surface area contributed by atoms with Crippen molar-refractivity contribution >= 4 is 39.9 Å². The highest BCUT2D eigenvalue weighted by atomic mass is 35.5. The van der Waals surface area contributed by atoms with Crippen LogP contribution in [-0.4, -0.2) is 33.6 Å². The standard InChI is InChI=1S/C18H20ClN7O/c1-11-6-13(4-5-27-11)26-17(9-21-10-23-25-20)24-16-8-22-15-3-2-12(19)7-14(15)18(16)26/h2-3,7-8,10-11,13H,4-6,9H2,1H3,(H2,20,21,23). The Morgan fingerprint density at radius 1 is 1.41 bits per heavy atom. The van der Waals surface area contributed by atoms with Crippen LogP contribution in [0.5, 0.6) is 0 Å². The van der Waals surface area contributed by atoms with Crippen molar-refractivity contribution in [1.82, 2.24) is 14.5 Å². The molecule has 1 aromatic carbocycles. The van der Waals surface area contributed by atoms with Crippen LogP contribution >= 0.6 is 11.6 Å². The zero-order chi connectivity index (χ0) is 18.8. The fraction of sp³-hybridized carbons (Fsp3) is 0.389. The van der Waals surface area contributed by atoms with Gasteiger partial charge in [-0.15, -0.1) is 5.11 Å². The van der Waals surface area contributed by atoms with Crippen LogP contribution in [0.4, 0.5) is 0 Å². The molecule has 9 heteroatoms. The predicted molar refractivity (Wildman–Crippen MR) is 105 cm³/mol. The molecule has 2 N–H and O–H groups in total. The van der Waals surface area contributed by atoms with E-state index in [1.165, 1.54) is 6.34 Å². The Bertz CT molecular complexity index is 1030. The summed E-state index contributed by atoms with van der Waals surface area (Å²) < 4.78 is 8.01. The lowest BCUT2D eigenvalue weighted by Crippen LogP contribution is -2.26. The predicted octanol–water partition coefficient (Wildman–Crippen LogP) is 3.83. The average molecular weight is 386 g/mol. The second-order valence-corrected chi connectivity index (χ2v) is 7.03. The quantitative estimate of drug-likeness (QED) is 0.242. The number of pyridine rings is 1. The third kappa shape index (κ3) is 3.50. The lowest BCUT2D eigenvalue weighted by atomic mass is 10.0. The average Bonchev–Trinajstić information content (AvgIpc) is 3.04. The summed E-state index contributed by atoms with van der Waals surface area (Å²) in [4.78, 5) is 13.6. The van der Waals surface area contributed by atoms with Gasteiger partial charge in [0.2, 0.25) is 0 Å². The molecule has 1 aliphatic heterocycles. The largest absolute Gasteiger partial charge is 0.378 e. The van der Waals surface area contributed by atoms with Crippen LogP contribution in [0.2, 0.25) is 5.02 Å². The third-order valence-electron chi connectivity index (χ3n) is 4.81. The van der Waals surface area contributed by atoms with Crippen LogP contribution in [0.25, 0.3) is 21.9 Å². The first kappa shape index (κ1) is 17.8. The van der Waals surface area contributed by atoms with E-state index < -0.39 is 0 Å². The topological polar surface area (TPSA) is 103 Å². The van der Waals surface area contributed by atoms with Gasteiger partial charge in [0.25, 0.3) is 0 Å². The third-order valence-corrected chi connectivity index (χ3v) is 5.04. The Balaban J connectivity index is 1.91. The molecule has 0 saturated carbocycles. The summed E-state index contributed by atoms with van der Waals surface area (Å²) >= 11 is 6.27. The first-order valence-electron chi connectivity index (χ1n) is 8.82.